The summed E-state index contributed by atoms with van der Waals surface area (Å²) >= 11 is 0. The van der Waals surface area contributed by atoms with E-state index in [9.17, 15) is 9.59 Å². The maximum atomic E-state index is 12.8. The van der Waals surface area contributed by atoms with Crippen molar-refractivity contribution in [3.63, 3.8) is 0 Å². The number of amides is 2. The Bertz CT molecular complexity index is 842. The Kier molecular flexibility index (Phi) is 5.97. The van der Waals surface area contributed by atoms with Crippen molar-refractivity contribution < 1.29 is 14.1 Å². The molecule has 2 heterocycles. The number of carbonyl (C=O) groups excluding carboxylic acids is 2. The summed E-state index contributed by atoms with van der Waals surface area (Å²) in [6, 6.07) is 11.5. The predicted octanol–water partition coefficient (Wildman–Crippen LogP) is 3.52. The van der Waals surface area contributed by atoms with Crippen LogP contribution < -0.4 is 0 Å². The van der Waals surface area contributed by atoms with Gasteiger partial charge in [0, 0.05) is 18.5 Å². The number of carbonyl (C=O) groups is 2. The van der Waals surface area contributed by atoms with Crippen LogP contribution in [0, 0.1) is 0 Å². The summed E-state index contributed by atoms with van der Waals surface area (Å²) in [6.07, 6.45) is 6.83. The molecule has 4 rings (SSSR count). The van der Waals surface area contributed by atoms with E-state index in [0.29, 0.717) is 24.8 Å². The van der Waals surface area contributed by atoms with Gasteiger partial charge in [-0.15, -0.1) is 0 Å². The predicted molar refractivity (Wildman–Crippen MR) is 109 cm³/mol. The molecule has 0 radical (unpaired) electrons. The molecule has 1 aliphatic heterocycles. The van der Waals surface area contributed by atoms with Gasteiger partial charge in [-0.3, -0.25) is 9.59 Å². The molecule has 2 fully saturated rings. The van der Waals surface area contributed by atoms with Gasteiger partial charge in [0.05, 0.1) is 18.8 Å². The third-order valence-electron chi connectivity index (χ3n) is 6.22. The lowest BCUT2D eigenvalue weighted by molar-refractivity contribution is -0.155. The summed E-state index contributed by atoms with van der Waals surface area (Å²) in [5.74, 6) is 1.08. The molecule has 6 nitrogen and oxygen atoms in total. The molecule has 29 heavy (non-hydrogen) atoms. The zero-order valence-corrected chi connectivity index (χ0v) is 17.0. The SMILES string of the molecule is C[C@H]1C(=O)N(CCc2ccccc2)CC(=O)N1Cc1cc(C2CCCCC2)no1. The van der Waals surface area contributed by atoms with Gasteiger partial charge in [0.1, 0.15) is 6.04 Å². The number of hydrogen-bond donors (Lipinski definition) is 0. The van der Waals surface area contributed by atoms with Crippen LogP contribution in [0.1, 0.15) is 62.0 Å². The van der Waals surface area contributed by atoms with Crippen LogP contribution >= 0.6 is 0 Å². The van der Waals surface area contributed by atoms with Crippen LogP contribution in [0.25, 0.3) is 0 Å². The first-order valence-electron chi connectivity index (χ1n) is 10.7. The van der Waals surface area contributed by atoms with E-state index in [-0.39, 0.29) is 18.4 Å². The lowest BCUT2D eigenvalue weighted by Gasteiger charge is -2.38. The molecular formula is C23H29N3O3. The van der Waals surface area contributed by atoms with E-state index in [2.05, 4.69) is 5.16 Å². The summed E-state index contributed by atoms with van der Waals surface area (Å²) in [7, 11) is 0. The van der Waals surface area contributed by atoms with Crippen molar-refractivity contribution in [2.45, 2.75) is 64.0 Å². The van der Waals surface area contributed by atoms with E-state index < -0.39 is 6.04 Å². The van der Waals surface area contributed by atoms with E-state index in [4.69, 9.17) is 4.52 Å². The second-order valence-electron chi connectivity index (χ2n) is 8.25. The standard InChI is InChI=1S/C23H29N3O3/c1-17-23(28)25(13-12-18-8-4-2-5-9-18)16-22(27)26(17)15-20-14-21(24-29-20)19-10-6-3-7-11-19/h2,4-5,8-9,14,17,19H,3,6-7,10-13,15-16H2,1H3/t17-/m0/s1. The van der Waals surface area contributed by atoms with Crippen molar-refractivity contribution in [3.05, 3.63) is 53.4 Å². The molecule has 2 aromatic rings. The molecule has 1 saturated heterocycles. The molecule has 1 saturated carbocycles. The van der Waals surface area contributed by atoms with Crippen LogP contribution in [0.2, 0.25) is 0 Å². The Morgan fingerprint density at radius 1 is 1.10 bits per heavy atom. The molecule has 154 valence electrons. The molecular weight excluding hydrogens is 366 g/mol. The van der Waals surface area contributed by atoms with Crippen LogP contribution in [0.3, 0.4) is 0 Å². The largest absolute Gasteiger partial charge is 0.359 e. The van der Waals surface area contributed by atoms with Gasteiger partial charge < -0.3 is 14.3 Å². The lowest BCUT2D eigenvalue weighted by atomic mass is 9.87. The molecule has 0 unspecified atom stereocenters. The van der Waals surface area contributed by atoms with Crippen molar-refractivity contribution >= 4 is 11.8 Å². The fourth-order valence-electron chi connectivity index (χ4n) is 4.43. The molecule has 1 aliphatic carbocycles. The van der Waals surface area contributed by atoms with Gasteiger partial charge in [-0.2, -0.15) is 0 Å². The first-order valence-corrected chi connectivity index (χ1v) is 10.7. The number of piperazine rings is 1. The Morgan fingerprint density at radius 2 is 1.86 bits per heavy atom. The quantitative estimate of drug-likeness (QED) is 0.751. The van der Waals surface area contributed by atoms with Crippen molar-refractivity contribution in [1.29, 1.82) is 0 Å². The monoisotopic (exact) mass is 395 g/mol. The second-order valence-corrected chi connectivity index (χ2v) is 8.25. The molecule has 1 aromatic carbocycles. The summed E-state index contributed by atoms with van der Waals surface area (Å²) in [5, 5.41) is 4.24. The Morgan fingerprint density at radius 3 is 2.62 bits per heavy atom. The summed E-state index contributed by atoms with van der Waals surface area (Å²) in [6.45, 7) is 2.78. The van der Waals surface area contributed by atoms with E-state index in [1.165, 1.54) is 24.8 Å². The first-order chi connectivity index (χ1) is 14.1. The van der Waals surface area contributed by atoms with Gasteiger partial charge in [0.25, 0.3) is 0 Å². The smallest absolute Gasteiger partial charge is 0.245 e. The maximum Gasteiger partial charge on any atom is 0.245 e. The molecule has 0 N–H and O–H groups in total. The number of aromatic nitrogens is 1. The van der Waals surface area contributed by atoms with Crippen LogP contribution in [0.5, 0.6) is 0 Å². The van der Waals surface area contributed by atoms with Gasteiger partial charge in [0.2, 0.25) is 11.8 Å². The van der Waals surface area contributed by atoms with Gasteiger partial charge in [0.15, 0.2) is 5.76 Å². The van der Waals surface area contributed by atoms with Crippen LogP contribution in [0.4, 0.5) is 0 Å². The van der Waals surface area contributed by atoms with E-state index >= 15 is 0 Å². The maximum absolute atomic E-state index is 12.8. The number of nitrogens with zero attached hydrogens (tertiary/aromatic N) is 3. The lowest BCUT2D eigenvalue weighted by Crippen LogP contribution is -2.58. The second kappa shape index (κ2) is 8.80. The Balaban J connectivity index is 1.36. The molecule has 6 heteroatoms. The summed E-state index contributed by atoms with van der Waals surface area (Å²) in [5.41, 5.74) is 2.16. The summed E-state index contributed by atoms with van der Waals surface area (Å²) in [4.78, 5) is 28.9. The minimum Gasteiger partial charge on any atom is -0.359 e. The van der Waals surface area contributed by atoms with Crippen molar-refractivity contribution in [2.24, 2.45) is 0 Å². The topological polar surface area (TPSA) is 66.7 Å². The van der Waals surface area contributed by atoms with Crippen LogP contribution in [-0.2, 0) is 22.6 Å². The fourth-order valence-corrected chi connectivity index (χ4v) is 4.43. The highest BCUT2D eigenvalue weighted by Gasteiger charge is 2.36. The van der Waals surface area contributed by atoms with Crippen molar-refractivity contribution in [1.82, 2.24) is 15.0 Å². The van der Waals surface area contributed by atoms with E-state index in [0.717, 1.165) is 25.0 Å². The fraction of sp³-hybridized carbons (Fsp3) is 0.522. The normalized spacial score (nSPS) is 21.1. The zero-order chi connectivity index (χ0) is 20.2. The highest BCUT2D eigenvalue weighted by atomic mass is 16.5. The zero-order valence-electron chi connectivity index (χ0n) is 17.0. The van der Waals surface area contributed by atoms with Crippen LogP contribution in [0.15, 0.2) is 40.9 Å². The number of benzene rings is 1. The van der Waals surface area contributed by atoms with Crippen LogP contribution in [-0.4, -0.2) is 45.9 Å². The third-order valence-corrected chi connectivity index (χ3v) is 6.22. The number of rotatable bonds is 6. The van der Waals surface area contributed by atoms with Gasteiger partial charge in [-0.25, -0.2) is 0 Å². The van der Waals surface area contributed by atoms with Gasteiger partial charge in [-0.1, -0.05) is 54.8 Å². The highest BCUT2D eigenvalue weighted by Crippen LogP contribution is 2.32. The third kappa shape index (κ3) is 4.52. The molecule has 2 aliphatic rings. The Labute approximate surface area is 171 Å². The molecule has 2 amide bonds. The van der Waals surface area contributed by atoms with E-state index in [1.54, 1.807) is 16.7 Å². The molecule has 1 aromatic heterocycles. The van der Waals surface area contributed by atoms with Crippen molar-refractivity contribution in [3.8, 4) is 0 Å². The molecule has 1 atom stereocenters. The van der Waals surface area contributed by atoms with E-state index in [1.807, 2.05) is 36.4 Å². The minimum atomic E-state index is -0.491. The summed E-state index contributed by atoms with van der Waals surface area (Å²) < 4.78 is 5.52. The van der Waals surface area contributed by atoms with Gasteiger partial charge in [-0.05, 0) is 31.7 Å². The molecule has 0 spiro atoms. The average Bonchev–Trinajstić information content (AvgIpc) is 3.23. The minimum absolute atomic E-state index is 0.00690. The van der Waals surface area contributed by atoms with Gasteiger partial charge >= 0.3 is 0 Å². The Hall–Kier alpha value is -2.63. The first kappa shape index (κ1) is 19.7. The highest BCUT2D eigenvalue weighted by molar-refractivity contribution is 5.94. The van der Waals surface area contributed by atoms with Crippen molar-refractivity contribution in [2.75, 3.05) is 13.1 Å². The average molecular weight is 396 g/mol. The number of hydrogen-bond acceptors (Lipinski definition) is 4. The molecule has 0 bridgehead atoms.